The Hall–Kier alpha value is -2.28. The summed E-state index contributed by atoms with van der Waals surface area (Å²) in [4.78, 5) is 26.5. The number of nitrogens with zero attached hydrogens (tertiary/aromatic N) is 1. The second-order valence-electron chi connectivity index (χ2n) is 6.28. The highest BCUT2D eigenvalue weighted by Crippen LogP contribution is 2.35. The average molecular weight is 350 g/mol. The Bertz CT molecular complexity index is 602. The van der Waals surface area contributed by atoms with Crippen LogP contribution in [0.25, 0.3) is 0 Å². The number of hydrogen-bond acceptors (Lipinski definition) is 5. The Balaban J connectivity index is 2.12. The highest BCUT2D eigenvalue weighted by atomic mass is 16.5. The second kappa shape index (κ2) is 8.20. The Labute approximate surface area is 148 Å². The van der Waals surface area contributed by atoms with Gasteiger partial charge in [-0.05, 0) is 31.4 Å². The molecular weight excluding hydrogens is 324 g/mol. The maximum absolute atomic E-state index is 12.8. The van der Waals surface area contributed by atoms with Gasteiger partial charge in [-0.3, -0.25) is 9.59 Å². The van der Waals surface area contributed by atoms with Crippen molar-refractivity contribution < 1.29 is 23.8 Å². The minimum Gasteiger partial charge on any atom is -0.497 e. The van der Waals surface area contributed by atoms with E-state index in [-0.39, 0.29) is 11.8 Å². The third-order valence-corrected chi connectivity index (χ3v) is 4.91. The van der Waals surface area contributed by atoms with Crippen LogP contribution in [0.4, 0.5) is 0 Å². The fraction of sp³-hybridized carbons (Fsp3) is 0.556. The standard InChI is InChI=1S/C18H26N2O5/c1-23-9-6-18(17(19)22)4-7-20(8-5-18)16(21)13-10-14(24-2)12-15(11-13)25-3/h10-12H,4-9H2,1-3H3,(H2,19,22). The summed E-state index contributed by atoms with van der Waals surface area (Å²) >= 11 is 0. The number of piperidine rings is 1. The molecule has 1 aromatic rings. The van der Waals surface area contributed by atoms with Gasteiger partial charge in [0.15, 0.2) is 0 Å². The lowest BCUT2D eigenvalue weighted by atomic mass is 9.75. The second-order valence-corrected chi connectivity index (χ2v) is 6.28. The molecule has 0 aliphatic carbocycles. The lowest BCUT2D eigenvalue weighted by Gasteiger charge is -2.39. The number of methoxy groups -OCH3 is 3. The van der Waals surface area contributed by atoms with E-state index in [0.717, 1.165) is 0 Å². The topological polar surface area (TPSA) is 91.1 Å². The van der Waals surface area contributed by atoms with Gasteiger partial charge in [0.05, 0.1) is 19.6 Å². The molecule has 0 bridgehead atoms. The number of benzene rings is 1. The molecule has 0 atom stereocenters. The van der Waals surface area contributed by atoms with Gasteiger partial charge in [-0.2, -0.15) is 0 Å². The SMILES string of the molecule is COCCC1(C(N)=O)CCN(C(=O)c2cc(OC)cc(OC)c2)CC1. The molecule has 7 nitrogen and oxygen atoms in total. The molecule has 0 unspecified atom stereocenters. The lowest BCUT2D eigenvalue weighted by Crippen LogP contribution is -2.49. The van der Waals surface area contributed by atoms with E-state index in [1.807, 2.05) is 0 Å². The molecular formula is C18H26N2O5. The summed E-state index contributed by atoms with van der Waals surface area (Å²) in [6.45, 7) is 1.43. The van der Waals surface area contributed by atoms with E-state index in [4.69, 9.17) is 19.9 Å². The number of likely N-dealkylation sites (tertiary alicyclic amines) is 1. The van der Waals surface area contributed by atoms with Gasteiger partial charge in [-0.1, -0.05) is 0 Å². The van der Waals surface area contributed by atoms with Crippen molar-refractivity contribution in [2.45, 2.75) is 19.3 Å². The zero-order valence-corrected chi connectivity index (χ0v) is 15.0. The van der Waals surface area contributed by atoms with Crippen molar-refractivity contribution in [1.29, 1.82) is 0 Å². The molecule has 0 spiro atoms. The van der Waals surface area contributed by atoms with E-state index >= 15 is 0 Å². The third kappa shape index (κ3) is 4.22. The fourth-order valence-corrected chi connectivity index (χ4v) is 3.17. The van der Waals surface area contributed by atoms with E-state index in [1.165, 1.54) is 0 Å². The quantitative estimate of drug-likeness (QED) is 0.804. The highest BCUT2D eigenvalue weighted by molar-refractivity contribution is 5.95. The Morgan fingerprint density at radius 1 is 1.08 bits per heavy atom. The molecule has 7 heteroatoms. The average Bonchev–Trinajstić information content (AvgIpc) is 2.65. The van der Waals surface area contributed by atoms with Crippen molar-refractivity contribution in [3.8, 4) is 11.5 Å². The Morgan fingerprint density at radius 3 is 2.08 bits per heavy atom. The van der Waals surface area contributed by atoms with E-state index < -0.39 is 5.41 Å². The van der Waals surface area contributed by atoms with Crippen LogP contribution in [0.3, 0.4) is 0 Å². The van der Waals surface area contributed by atoms with E-state index in [0.29, 0.717) is 56.0 Å². The molecule has 138 valence electrons. The van der Waals surface area contributed by atoms with Crippen molar-refractivity contribution in [3.05, 3.63) is 23.8 Å². The van der Waals surface area contributed by atoms with Crippen molar-refractivity contribution >= 4 is 11.8 Å². The number of rotatable bonds is 7. The van der Waals surface area contributed by atoms with Crippen LogP contribution in [0.1, 0.15) is 29.6 Å². The maximum Gasteiger partial charge on any atom is 0.254 e. The third-order valence-electron chi connectivity index (χ3n) is 4.91. The number of amides is 2. The summed E-state index contributed by atoms with van der Waals surface area (Å²) in [5, 5.41) is 0. The van der Waals surface area contributed by atoms with Crippen LogP contribution in [-0.4, -0.2) is 57.7 Å². The first-order valence-electron chi connectivity index (χ1n) is 8.27. The van der Waals surface area contributed by atoms with Crippen molar-refractivity contribution in [1.82, 2.24) is 4.90 Å². The van der Waals surface area contributed by atoms with E-state index in [1.54, 1.807) is 44.4 Å². The van der Waals surface area contributed by atoms with Gasteiger partial charge in [-0.25, -0.2) is 0 Å². The molecule has 1 saturated heterocycles. The minimum atomic E-state index is -0.598. The number of nitrogens with two attached hydrogens (primary N) is 1. The van der Waals surface area contributed by atoms with Gasteiger partial charge in [0.1, 0.15) is 11.5 Å². The van der Waals surface area contributed by atoms with Crippen molar-refractivity contribution in [2.24, 2.45) is 11.1 Å². The number of ether oxygens (including phenoxy) is 3. The largest absolute Gasteiger partial charge is 0.497 e. The molecule has 25 heavy (non-hydrogen) atoms. The van der Waals surface area contributed by atoms with E-state index in [9.17, 15) is 9.59 Å². The molecule has 0 radical (unpaired) electrons. The number of carbonyl (C=O) groups is 2. The molecule has 2 N–H and O–H groups in total. The first kappa shape index (κ1) is 19.1. The minimum absolute atomic E-state index is 0.109. The number of primary amides is 1. The van der Waals surface area contributed by atoms with E-state index in [2.05, 4.69) is 0 Å². The number of hydrogen-bond donors (Lipinski definition) is 1. The monoisotopic (exact) mass is 350 g/mol. The fourth-order valence-electron chi connectivity index (χ4n) is 3.17. The van der Waals surface area contributed by atoms with Crippen LogP contribution in [-0.2, 0) is 9.53 Å². The molecule has 1 aromatic carbocycles. The predicted octanol–water partition coefficient (Wildman–Crippen LogP) is 1.45. The van der Waals surface area contributed by atoms with Gasteiger partial charge in [0, 0.05) is 38.4 Å². The molecule has 1 fully saturated rings. The molecule has 1 aliphatic heterocycles. The zero-order valence-electron chi connectivity index (χ0n) is 15.0. The molecule has 1 aliphatic rings. The van der Waals surface area contributed by atoms with Gasteiger partial charge in [-0.15, -0.1) is 0 Å². The molecule has 2 amide bonds. The zero-order chi connectivity index (χ0) is 18.4. The molecule has 2 rings (SSSR count). The first-order chi connectivity index (χ1) is 12.0. The molecule has 0 aromatic heterocycles. The van der Waals surface area contributed by atoms with Gasteiger partial charge < -0.3 is 24.8 Å². The van der Waals surface area contributed by atoms with Crippen molar-refractivity contribution in [3.63, 3.8) is 0 Å². The van der Waals surface area contributed by atoms with Crippen LogP contribution >= 0.6 is 0 Å². The summed E-state index contributed by atoms with van der Waals surface area (Å²) in [6.07, 6.45) is 1.66. The van der Waals surface area contributed by atoms with Crippen LogP contribution in [0.15, 0.2) is 18.2 Å². The van der Waals surface area contributed by atoms with Gasteiger partial charge >= 0.3 is 0 Å². The summed E-state index contributed by atoms with van der Waals surface area (Å²) in [5.74, 6) is 0.694. The van der Waals surface area contributed by atoms with Crippen LogP contribution < -0.4 is 15.2 Å². The highest BCUT2D eigenvalue weighted by Gasteiger charge is 2.40. The molecule has 1 heterocycles. The van der Waals surface area contributed by atoms with Crippen LogP contribution in [0.2, 0.25) is 0 Å². The predicted molar refractivity (Wildman–Crippen MR) is 92.8 cm³/mol. The smallest absolute Gasteiger partial charge is 0.254 e. The van der Waals surface area contributed by atoms with Gasteiger partial charge in [0.25, 0.3) is 5.91 Å². The summed E-state index contributed by atoms with van der Waals surface area (Å²) in [5.41, 5.74) is 5.52. The first-order valence-corrected chi connectivity index (χ1v) is 8.27. The Kier molecular flexibility index (Phi) is 6.25. The van der Waals surface area contributed by atoms with Crippen molar-refractivity contribution in [2.75, 3.05) is 41.0 Å². The summed E-state index contributed by atoms with van der Waals surface area (Å²) < 4.78 is 15.5. The molecule has 0 saturated carbocycles. The summed E-state index contributed by atoms with van der Waals surface area (Å²) in [6, 6.07) is 5.09. The Morgan fingerprint density at radius 2 is 1.64 bits per heavy atom. The van der Waals surface area contributed by atoms with Crippen LogP contribution in [0.5, 0.6) is 11.5 Å². The normalized spacial score (nSPS) is 16.4. The number of carbonyl (C=O) groups excluding carboxylic acids is 2. The van der Waals surface area contributed by atoms with Gasteiger partial charge in [0.2, 0.25) is 5.91 Å². The maximum atomic E-state index is 12.8. The lowest BCUT2D eigenvalue weighted by molar-refractivity contribution is -0.131. The van der Waals surface area contributed by atoms with Crippen LogP contribution in [0, 0.1) is 5.41 Å². The summed E-state index contributed by atoms with van der Waals surface area (Å²) in [7, 11) is 4.69.